The van der Waals surface area contributed by atoms with Gasteiger partial charge in [-0.15, -0.1) is 26.3 Å². The van der Waals surface area contributed by atoms with Gasteiger partial charge in [0.15, 0.2) is 0 Å². The fourth-order valence-electron chi connectivity index (χ4n) is 0.660. The van der Waals surface area contributed by atoms with E-state index in [0.29, 0.717) is 0 Å². The molecule has 135 valence electrons. The summed E-state index contributed by atoms with van der Waals surface area (Å²) in [6.07, 6.45) is 0. The van der Waals surface area contributed by atoms with Crippen LogP contribution >= 0.6 is 43.1 Å². The van der Waals surface area contributed by atoms with Crippen molar-refractivity contribution in [2.24, 2.45) is 0 Å². The van der Waals surface area contributed by atoms with Gasteiger partial charge in [-0.2, -0.15) is 35.3 Å². The van der Waals surface area contributed by atoms with E-state index in [9.17, 15) is 25.2 Å². The number of hydrogen-bond acceptors (Lipinski definition) is 3. The first-order valence-electron chi connectivity index (χ1n) is 5.25. The van der Waals surface area contributed by atoms with Crippen molar-refractivity contribution in [3.8, 4) is 0 Å². The second-order valence-electron chi connectivity index (χ2n) is 2.80. The molecule has 0 unspecified atom stereocenters. The first-order chi connectivity index (χ1) is 8.95. The Balaban J connectivity index is -0.000000109. The van der Waals surface area contributed by atoms with Crippen LogP contribution in [-0.2, 0) is 20.1 Å². The molecule has 11 heteroatoms. The van der Waals surface area contributed by atoms with E-state index in [1.54, 1.807) is 0 Å². The van der Waals surface area contributed by atoms with Gasteiger partial charge < -0.3 is 0 Å². The van der Waals surface area contributed by atoms with Crippen molar-refractivity contribution in [2.75, 3.05) is 34.5 Å². The zero-order valence-corrected chi connectivity index (χ0v) is 17.1. The van der Waals surface area contributed by atoms with E-state index in [2.05, 4.69) is 61.6 Å². The Bertz CT molecular complexity index is 194. The van der Waals surface area contributed by atoms with E-state index >= 15 is 0 Å². The Morgan fingerprint density at radius 3 is 0.714 bits per heavy atom. The summed E-state index contributed by atoms with van der Waals surface area (Å²) in [4.78, 5) is 0. The zero-order chi connectivity index (χ0) is 16.8. The normalized spacial score (nSPS) is 18.4. The molecule has 21 heavy (non-hydrogen) atoms. The van der Waals surface area contributed by atoms with Crippen molar-refractivity contribution in [3.05, 3.63) is 26.3 Å². The molecule has 0 spiro atoms. The van der Waals surface area contributed by atoms with Gasteiger partial charge in [0.05, 0.1) is 0 Å². The number of halogens is 6. The monoisotopic (exact) mass is 574 g/mol. The van der Waals surface area contributed by atoms with E-state index in [1.165, 1.54) is 34.5 Å². The van der Waals surface area contributed by atoms with Crippen LogP contribution in [0.3, 0.4) is 0 Å². The second kappa shape index (κ2) is 13.6. The second-order valence-corrected chi connectivity index (χ2v) is 8.39. The van der Waals surface area contributed by atoms with Gasteiger partial charge in [0, 0.05) is 54.6 Å². The van der Waals surface area contributed by atoms with Gasteiger partial charge in [-0.1, -0.05) is 0 Å². The molecule has 1 fully saturated rings. The van der Waals surface area contributed by atoms with Crippen LogP contribution in [0.25, 0.3) is 0 Å². The minimum atomic E-state index is -10.7. The molecule has 1 heterocycles. The van der Waals surface area contributed by atoms with E-state index in [-0.39, 0.29) is 20.1 Å². The van der Waals surface area contributed by atoms with Crippen LogP contribution in [0, 0.1) is 0 Å². The van der Waals surface area contributed by atoms with Crippen LogP contribution in [-0.4, -0.2) is 34.5 Å². The summed E-state index contributed by atoms with van der Waals surface area (Å²) in [7, 11) is -10.7. The van der Waals surface area contributed by atoms with Gasteiger partial charge in [-0.05, 0) is 0 Å². The maximum Gasteiger partial charge on any atom is 0 e. The molecule has 0 N–H and O–H groups in total. The van der Waals surface area contributed by atoms with Crippen LogP contribution in [0.1, 0.15) is 0 Å². The third kappa shape index (κ3) is 75.2. The number of rotatable bonds is 0. The third-order valence-corrected chi connectivity index (χ3v) is 4.85. The maximum atomic E-state index is 9.87. The molecule has 1 radical (unpaired) electrons. The molecule has 1 saturated heterocycles. The average molecular weight is 574 g/mol. The maximum absolute atomic E-state index is 10.7. The molecular weight excluding hydrogens is 553 g/mol. The Hall–Kier alpha value is 1.19. The standard InChI is InChI=1S/C6H12S3.2C2H4.F6P.Ir/c1-2-8-5-6-9-4-3-7-1;2*1-2;1-7(2,3,4,5)6;/h1-6H2;2*1-2H2;;/q;;;-1;. The van der Waals surface area contributed by atoms with Gasteiger partial charge in [0.25, 0.3) is 0 Å². The fraction of sp³-hybridized carbons (Fsp3) is 0.600. The zero-order valence-electron chi connectivity index (χ0n) is 11.3. The van der Waals surface area contributed by atoms with Crippen molar-refractivity contribution in [1.29, 1.82) is 0 Å². The van der Waals surface area contributed by atoms with Crippen LogP contribution in [0.15, 0.2) is 26.3 Å². The van der Waals surface area contributed by atoms with Crippen LogP contribution in [0.4, 0.5) is 25.2 Å². The Labute approximate surface area is 148 Å². The summed E-state index contributed by atoms with van der Waals surface area (Å²) in [6.45, 7) is 12.0. The summed E-state index contributed by atoms with van der Waals surface area (Å²) >= 11 is 6.30. The minimum Gasteiger partial charge on any atom is 0 e. The molecule has 1 aliphatic heterocycles. The molecular formula is C10H20F6IrPS3-. The molecule has 0 bridgehead atoms. The molecule has 1 rings (SSSR count). The molecule has 0 aromatic carbocycles. The summed E-state index contributed by atoms with van der Waals surface area (Å²) in [5.74, 6) is 8.20. The summed E-state index contributed by atoms with van der Waals surface area (Å²) in [5.41, 5.74) is 0. The van der Waals surface area contributed by atoms with E-state index < -0.39 is 7.81 Å². The van der Waals surface area contributed by atoms with Crippen molar-refractivity contribution < 1.29 is 45.3 Å². The number of hydrogen-bond donors (Lipinski definition) is 0. The predicted molar refractivity (Wildman–Crippen MR) is 88.1 cm³/mol. The average Bonchev–Trinajstić information content (AvgIpc) is 2.45. The van der Waals surface area contributed by atoms with Crippen LogP contribution in [0.2, 0.25) is 0 Å². The number of thioether (sulfide) groups is 3. The molecule has 0 amide bonds. The van der Waals surface area contributed by atoms with Crippen molar-refractivity contribution in [2.45, 2.75) is 0 Å². The van der Waals surface area contributed by atoms with Crippen molar-refractivity contribution >= 4 is 43.1 Å². The molecule has 0 saturated carbocycles. The summed E-state index contributed by atoms with van der Waals surface area (Å²) in [5, 5.41) is 0. The quantitative estimate of drug-likeness (QED) is 0.171. The third-order valence-electron chi connectivity index (χ3n) is 1.12. The summed E-state index contributed by atoms with van der Waals surface area (Å²) < 4.78 is 59.2. The molecule has 0 aromatic heterocycles. The molecule has 1 aliphatic rings. The van der Waals surface area contributed by atoms with Crippen LogP contribution in [0.5, 0.6) is 0 Å². The Kier molecular flexibility index (Phi) is 19.5. The molecule has 0 aliphatic carbocycles. The van der Waals surface area contributed by atoms with Crippen LogP contribution < -0.4 is 0 Å². The smallest absolute Gasteiger partial charge is 0 e. The molecule has 0 atom stereocenters. The van der Waals surface area contributed by atoms with E-state index in [4.69, 9.17) is 0 Å². The predicted octanol–water partition coefficient (Wildman–Crippen LogP) is 7.18. The summed E-state index contributed by atoms with van der Waals surface area (Å²) in [6, 6.07) is 0. The SMILES string of the molecule is C1CSCCSCCS1.C=C.C=C.F[P-](F)(F)(F)(F)F.[Ir]. The van der Waals surface area contributed by atoms with Crippen molar-refractivity contribution in [1.82, 2.24) is 0 Å². The fourth-order valence-corrected chi connectivity index (χ4v) is 4.10. The van der Waals surface area contributed by atoms with Gasteiger partial charge in [0.1, 0.15) is 0 Å². The Morgan fingerprint density at radius 1 is 0.524 bits per heavy atom. The van der Waals surface area contributed by atoms with E-state index in [1.807, 2.05) is 0 Å². The molecule has 0 aromatic rings. The van der Waals surface area contributed by atoms with E-state index in [0.717, 1.165) is 0 Å². The van der Waals surface area contributed by atoms with Gasteiger partial charge >= 0.3 is 33.0 Å². The van der Waals surface area contributed by atoms with Gasteiger partial charge in [-0.3, -0.25) is 0 Å². The first kappa shape index (κ1) is 30.1. The van der Waals surface area contributed by atoms with Gasteiger partial charge in [0.2, 0.25) is 0 Å². The Morgan fingerprint density at radius 2 is 0.619 bits per heavy atom. The molecule has 0 nitrogen and oxygen atoms in total. The van der Waals surface area contributed by atoms with Crippen molar-refractivity contribution in [3.63, 3.8) is 0 Å². The first-order valence-corrected chi connectivity index (χ1v) is 10.7. The minimum absolute atomic E-state index is 0. The van der Waals surface area contributed by atoms with Gasteiger partial charge in [-0.25, -0.2) is 0 Å². The topological polar surface area (TPSA) is 0 Å². The largest absolute Gasteiger partial charge is 0 e.